The molecule has 0 saturated heterocycles. The molecule has 0 heterocycles. The van der Waals surface area contributed by atoms with E-state index in [9.17, 15) is 4.39 Å². The van der Waals surface area contributed by atoms with E-state index in [1.165, 1.54) is 6.07 Å². The van der Waals surface area contributed by atoms with Crippen molar-refractivity contribution in [3.05, 3.63) is 35.6 Å². The van der Waals surface area contributed by atoms with Crippen LogP contribution in [0.1, 0.15) is 18.9 Å². The van der Waals surface area contributed by atoms with E-state index >= 15 is 0 Å². The van der Waals surface area contributed by atoms with Crippen LogP contribution in [0, 0.1) is 18.2 Å². The monoisotopic (exact) mass is 389 g/mol. The molecule has 0 amide bonds. The van der Waals surface area contributed by atoms with E-state index in [1.807, 2.05) is 13.0 Å². The van der Waals surface area contributed by atoms with Crippen molar-refractivity contribution in [1.29, 1.82) is 0 Å². The molecule has 1 rings (SSSR count). The number of hydrogen-bond acceptors (Lipinski definition) is 1. The lowest BCUT2D eigenvalue weighted by Gasteiger charge is -2.08. The maximum Gasteiger partial charge on any atom is 0.192 e. The van der Waals surface area contributed by atoms with Gasteiger partial charge in [0.2, 0.25) is 0 Å². The van der Waals surface area contributed by atoms with Crippen molar-refractivity contribution < 1.29 is 4.39 Å². The number of guanidine groups is 1. The van der Waals surface area contributed by atoms with Gasteiger partial charge < -0.3 is 10.6 Å². The minimum Gasteiger partial charge on any atom is -0.357 e. The summed E-state index contributed by atoms with van der Waals surface area (Å²) in [6, 6.07) is 6.67. The second-order valence-electron chi connectivity index (χ2n) is 4.05. The normalized spacial score (nSPS) is 10.3. The number of aryl methyl sites for hydroxylation is 1. The Hall–Kier alpha value is -1.29. The lowest BCUT2D eigenvalue weighted by atomic mass is 10.1. The summed E-state index contributed by atoms with van der Waals surface area (Å²) in [6.45, 7) is 3.92. The lowest BCUT2D eigenvalue weighted by molar-refractivity contribution is 0.624. The third-order valence-corrected chi connectivity index (χ3v) is 2.48. The molecule has 1 aromatic rings. The predicted molar refractivity (Wildman–Crippen MR) is 93.0 cm³/mol. The summed E-state index contributed by atoms with van der Waals surface area (Å²) in [4.78, 5) is 4.39. The summed E-state index contributed by atoms with van der Waals surface area (Å²) in [5.41, 5.74) is 0.997. The SMILES string of the molecule is C#CCNC(=NCCCc1cccc(F)c1)NCC.I. The summed E-state index contributed by atoms with van der Waals surface area (Å²) < 4.78 is 13.0. The van der Waals surface area contributed by atoms with Gasteiger partial charge in [-0.3, -0.25) is 4.99 Å². The first-order chi connectivity index (χ1) is 9.26. The number of terminal acetylenes is 1. The van der Waals surface area contributed by atoms with E-state index in [2.05, 4.69) is 21.5 Å². The maximum atomic E-state index is 13.0. The molecule has 0 spiro atoms. The minimum atomic E-state index is -0.190. The van der Waals surface area contributed by atoms with Crippen LogP contribution in [-0.2, 0) is 6.42 Å². The Morgan fingerprint density at radius 2 is 2.20 bits per heavy atom. The fourth-order valence-electron chi connectivity index (χ4n) is 1.64. The van der Waals surface area contributed by atoms with Crippen LogP contribution in [0.5, 0.6) is 0 Å². The van der Waals surface area contributed by atoms with Crippen molar-refractivity contribution >= 4 is 29.9 Å². The van der Waals surface area contributed by atoms with E-state index in [4.69, 9.17) is 6.42 Å². The van der Waals surface area contributed by atoms with Crippen LogP contribution < -0.4 is 10.6 Å². The van der Waals surface area contributed by atoms with Gasteiger partial charge in [-0.25, -0.2) is 4.39 Å². The Balaban J connectivity index is 0.00000361. The highest BCUT2D eigenvalue weighted by molar-refractivity contribution is 14.0. The first kappa shape index (κ1) is 18.7. The zero-order valence-electron chi connectivity index (χ0n) is 11.7. The number of hydrogen-bond donors (Lipinski definition) is 2. The van der Waals surface area contributed by atoms with Gasteiger partial charge in [0.25, 0.3) is 0 Å². The van der Waals surface area contributed by atoms with Gasteiger partial charge in [0.05, 0.1) is 6.54 Å². The van der Waals surface area contributed by atoms with Crippen molar-refractivity contribution in [2.45, 2.75) is 19.8 Å². The maximum absolute atomic E-state index is 13.0. The summed E-state index contributed by atoms with van der Waals surface area (Å²) in [5.74, 6) is 3.04. The molecule has 110 valence electrons. The molecule has 0 radical (unpaired) electrons. The van der Waals surface area contributed by atoms with E-state index in [0.29, 0.717) is 13.1 Å². The standard InChI is InChI=1S/C15H20FN3.HI/c1-3-10-18-15(17-4-2)19-11-6-8-13-7-5-9-14(16)12-13;/h1,5,7,9,12H,4,6,8,10-11H2,2H3,(H2,17,18,19);1H. The molecule has 0 aliphatic rings. The zero-order valence-corrected chi connectivity index (χ0v) is 14.0. The second kappa shape index (κ2) is 11.5. The molecule has 0 unspecified atom stereocenters. The van der Waals surface area contributed by atoms with Crippen LogP contribution in [0.15, 0.2) is 29.3 Å². The predicted octanol–water partition coefficient (Wildman–Crippen LogP) is 2.56. The van der Waals surface area contributed by atoms with E-state index in [1.54, 1.807) is 12.1 Å². The van der Waals surface area contributed by atoms with Gasteiger partial charge in [-0.05, 0) is 37.5 Å². The Bertz CT molecular complexity index is 455. The van der Waals surface area contributed by atoms with Crippen LogP contribution in [0.4, 0.5) is 4.39 Å². The largest absolute Gasteiger partial charge is 0.357 e. The molecular formula is C15H21FIN3. The molecule has 0 bridgehead atoms. The van der Waals surface area contributed by atoms with Crippen LogP contribution in [-0.4, -0.2) is 25.6 Å². The van der Waals surface area contributed by atoms with Gasteiger partial charge >= 0.3 is 0 Å². The molecule has 0 aliphatic heterocycles. The minimum absolute atomic E-state index is 0. The molecule has 0 atom stereocenters. The third kappa shape index (κ3) is 8.00. The quantitative estimate of drug-likeness (QED) is 0.258. The average Bonchev–Trinajstić information content (AvgIpc) is 2.41. The molecule has 0 aliphatic carbocycles. The third-order valence-electron chi connectivity index (χ3n) is 2.48. The molecule has 0 aromatic heterocycles. The topological polar surface area (TPSA) is 36.4 Å². The smallest absolute Gasteiger partial charge is 0.192 e. The number of nitrogens with zero attached hydrogens (tertiary/aromatic N) is 1. The average molecular weight is 389 g/mol. The molecule has 3 nitrogen and oxygen atoms in total. The number of nitrogens with one attached hydrogen (secondary N) is 2. The molecule has 0 saturated carbocycles. The Morgan fingerprint density at radius 3 is 2.85 bits per heavy atom. The van der Waals surface area contributed by atoms with E-state index in [0.717, 1.165) is 30.9 Å². The zero-order chi connectivity index (χ0) is 13.9. The van der Waals surface area contributed by atoms with E-state index < -0.39 is 0 Å². The summed E-state index contributed by atoms with van der Waals surface area (Å²) in [7, 11) is 0. The van der Waals surface area contributed by atoms with Crippen molar-refractivity contribution in [3.8, 4) is 12.3 Å². The summed E-state index contributed by atoms with van der Waals surface area (Å²) in [5, 5.41) is 6.13. The molecule has 20 heavy (non-hydrogen) atoms. The number of aliphatic imine (C=N–C) groups is 1. The molecule has 1 aromatic carbocycles. The van der Waals surface area contributed by atoms with Gasteiger partial charge in [0, 0.05) is 13.1 Å². The lowest BCUT2D eigenvalue weighted by Crippen LogP contribution is -2.37. The molecule has 5 heteroatoms. The highest BCUT2D eigenvalue weighted by Gasteiger charge is 1.97. The molecular weight excluding hydrogens is 368 g/mol. The van der Waals surface area contributed by atoms with Crippen molar-refractivity contribution in [1.82, 2.24) is 10.6 Å². The van der Waals surface area contributed by atoms with E-state index in [-0.39, 0.29) is 29.8 Å². The first-order valence-electron chi connectivity index (χ1n) is 6.46. The Morgan fingerprint density at radius 1 is 1.40 bits per heavy atom. The fourth-order valence-corrected chi connectivity index (χ4v) is 1.64. The Kier molecular flexibility index (Phi) is 10.8. The number of halogens is 2. The van der Waals surface area contributed by atoms with Gasteiger partial charge in [-0.15, -0.1) is 30.4 Å². The molecule has 0 fully saturated rings. The highest BCUT2D eigenvalue weighted by atomic mass is 127. The van der Waals surface area contributed by atoms with Gasteiger partial charge in [-0.2, -0.15) is 0 Å². The Labute approximate surface area is 137 Å². The van der Waals surface area contributed by atoms with Gasteiger partial charge in [0.15, 0.2) is 5.96 Å². The van der Waals surface area contributed by atoms with Crippen molar-refractivity contribution in [3.63, 3.8) is 0 Å². The first-order valence-corrected chi connectivity index (χ1v) is 6.46. The second-order valence-corrected chi connectivity index (χ2v) is 4.05. The van der Waals surface area contributed by atoms with Crippen LogP contribution in [0.25, 0.3) is 0 Å². The van der Waals surface area contributed by atoms with Crippen LogP contribution in [0.2, 0.25) is 0 Å². The summed E-state index contributed by atoms with van der Waals surface area (Å²) in [6.07, 6.45) is 6.87. The number of benzene rings is 1. The highest BCUT2D eigenvalue weighted by Crippen LogP contribution is 2.05. The van der Waals surface area contributed by atoms with Crippen LogP contribution in [0.3, 0.4) is 0 Å². The molecule has 2 N–H and O–H groups in total. The van der Waals surface area contributed by atoms with Gasteiger partial charge in [0.1, 0.15) is 5.82 Å². The number of rotatable bonds is 6. The van der Waals surface area contributed by atoms with Crippen molar-refractivity contribution in [2.24, 2.45) is 4.99 Å². The van der Waals surface area contributed by atoms with Gasteiger partial charge in [-0.1, -0.05) is 18.1 Å². The van der Waals surface area contributed by atoms with Crippen molar-refractivity contribution in [2.75, 3.05) is 19.6 Å². The fraction of sp³-hybridized carbons (Fsp3) is 0.400. The summed E-state index contributed by atoms with van der Waals surface area (Å²) >= 11 is 0. The van der Waals surface area contributed by atoms with Crippen LogP contribution >= 0.6 is 24.0 Å².